The summed E-state index contributed by atoms with van der Waals surface area (Å²) in [6, 6.07) is 5.00. The van der Waals surface area contributed by atoms with Crippen LogP contribution < -0.4 is 15.1 Å². The predicted molar refractivity (Wildman–Crippen MR) is 92.2 cm³/mol. The summed E-state index contributed by atoms with van der Waals surface area (Å²) in [4.78, 5) is 49.5. The summed E-state index contributed by atoms with van der Waals surface area (Å²) in [5, 5.41) is 22.1. The number of anilines is 1. The maximum atomic E-state index is 12.8. The van der Waals surface area contributed by atoms with Crippen LogP contribution in [0.5, 0.6) is 0 Å². The quantitative estimate of drug-likeness (QED) is 0.450. The van der Waals surface area contributed by atoms with Crippen molar-refractivity contribution in [3.05, 3.63) is 34.7 Å². The molecule has 0 N–H and O–H groups in total. The Balaban J connectivity index is 2.09. The third kappa shape index (κ3) is 2.76. The first kappa shape index (κ1) is 18.1. The first-order valence-electron chi connectivity index (χ1n) is 7.31. The monoisotopic (exact) mass is 390 g/mol. The van der Waals surface area contributed by atoms with Crippen LogP contribution in [0.15, 0.2) is 29.2 Å². The predicted octanol–water partition coefficient (Wildman–Crippen LogP) is -1.51. The van der Waals surface area contributed by atoms with Crippen molar-refractivity contribution < 1.29 is 29.4 Å². The molecule has 10 heteroatoms. The second-order valence-electron chi connectivity index (χ2n) is 5.54. The van der Waals surface area contributed by atoms with Gasteiger partial charge in [0.05, 0.1) is 28.2 Å². The van der Waals surface area contributed by atoms with Gasteiger partial charge in [0.15, 0.2) is 0 Å². The minimum Gasteiger partial charge on any atom is -0.550 e. The molecule has 8 nitrogen and oxygen atoms in total. The lowest BCUT2D eigenvalue weighted by molar-refractivity contribution is -0.319. The third-order valence-corrected chi connectivity index (χ3v) is 5.42. The molecule has 2 aliphatic heterocycles. The minimum atomic E-state index is -1.81. The molecule has 0 saturated carbocycles. The summed E-state index contributed by atoms with van der Waals surface area (Å²) in [7, 11) is 1.55. The van der Waals surface area contributed by atoms with E-state index in [-0.39, 0.29) is 14.8 Å². The molecule has 2 amide bonds. The van der Waals surface area contributed by atoms with Crippen LogP contribution in [-0.2, 0) is 19.2 Å². The highest BCUT2D eigenvalue weighted by Gasteiger charge is 2.43. The molecule has 2 heterocycles. The van der Waals surface area contributed by atoms with Gasteiger partial charge in [0.25, 0.3) is 11.8 Å². The number of thioether (sulfide) groups is 1. The number of amides is 2. The highest BCUT2D eigenvalue weighted by molar-refractivity contribution is 8.26. The van der Waals surface area contributed by atoms with Crippen LogP contribution in [0.25, 0.3) is 5.57 Å². The molecular weight excluding hydrogens is 380 g/mol. The van der Waals surface area contributed by atoms with E-state index in [1.54, 1.807) is 31.3 Å². The van der Waals surface area contributed by atoms with Gasteiger partial charge in [-0.2, -0.15) is 0 Å². The number of thiocarbonyl (C=S) groups is 1. The van der Waals surface area contributed by atoms with Gasteiger partial charge in [-0.1, -0.05) is 42.2 Å². The zero-order chi connectivity index (χ0) is 19.2. The fourth-order valence-electron chi connectivity index (χ4n) is 2.83. The number of carbonyl (C=O) groups is 4. The smallest absolute Gasteiger partial charge is 0.267 e. The molecular formula is C16H10N2O6S2-2. The number of carboxylic acids is 2. The molecule has 26 heavy (non-hydrogen) atoms. The molecule has 0 radical (unpaired) electrons. The van der Waals surface area contributed by atoms with Crippen LogP contribution >= 0.6 is 24.0 Å². The summed E-state index contributed by atoms with van der Waals surface area (Å²) in [6.45, 7) is 0. The van der Waals surface area contributed by atoms with E-state index in [0.29, 0.717) is 16.2 Å². The number of carboxylic acid groups (broad SMARTS) is 2. The molecule has 1 aromatic carbocycles. The highest BCUT2D eigenvalue weighted by atomic mass is 32.2. The number of para-hydroxylation sites is 1. The molecule has 134 valence electrons. The van der Waals surface area contributed by atoms with Crippen molar-refractivity contribution >= 4 is 63.3 Å². The number of likely N-dealkylation sites (N-methyl/N-ethyl adjacent to an activating group) is 1. The van der Waals surface area contributed by atoms with Crippen LogP contribution in [-0.4, -0.2) is 46.1 Å². The normalized spacial score (nSPS) is 20.6. The maximum absolute atomic E-state index is 12.8. The van der Waals surface area contributed by atoms with Crippen molar-refractivity contribution in [1.82, 2.24) is 4.90 Å². The lowest BCUT2D eigenvalue weighted by Crippen LogP contribution is -2.52. The van der Waals surface area contributed by atoms with Gasteiger partial charge in [0.1, 0.15) is 4.32 Å². The molecule has 0 spiro atoms. The Morgan fingerprint density at radius 1 is 1.19 bits per heavy atom. The topological polar surface area (TPSA) is 121 Å². The third-order valence-electron chi connectivity index (χ3n) is 4.02. The van der Waals surface area contributed by atoms with Crippen LogP contribution in [0.2, 0.25) is 0 Å². The average Bonchev–Trinajstić information content (AvgIpc) is 2.99. The highest BCUT2D eigenvalue weighted by Crippen LogP contribution is 2.44. The van der Waals surface area contributed by atoms with Crippen molar-refractivity contribution in [3.8, 4) is 0 Å². The Kier molecular flexibility index (Phi) is 4.55. The van der Waals surface area contributed by atoms with E-state index in [2.05, 4.69) is 0 Å². The van der Waals surface area contributed by atoms with Crippen molar-refractivity contribution in [2.24, 2.45) is 0 Å². The van der Waals surface area contributed by atoms with Crippen molar-refractivity contribution in [3.63, 3.8) is 0 Å². The molecule has 1 saturated heterocycles. The molecule has 0 aromatic heterocycles. The SMILES string of the molecule is CN1C(=O)/C(=C2\SC(=S)N([C@@H](CC(=O)[O-])C(=O)[O-])C2=O)c2ccccc21. The maximum Gasteiger partial charge on any atom is 0.267 e. The van der Waals surface area contributed by atoms with Crippen LogP contribution in [0, 0.1) is 0 Å². The number of hydrogen-bond acceptors (Lipinski definition) is 8. The van der Waals surface area contributed by atoms with E-state index in [4.69, 9.17) is 12.2 Å². The number of carbonyl (C=O) groups excluding carboxylic acids is 4. The zero-order valence-electron chi connectivity index (χ0n) is 13.3. The Labute approximate surface area is 157 Å². The van der Waals surface area contributed by atoms with Gasteiger partial charge in [-0.15, -0.1) is 0 Å². The van der Waals surface area contributed by atoms with Gasteiger partial charge in [-0.3, -0.25) is 14.5 Å². The largest absolute Gasteiger partial charge is 0.550 e. The Bertz CT molecular complexity index is 910. The summed E-state index contributed by atoms with van der Waals surface area (Å²) in [5.41, 5.74) is 1.22. The molecule has 1 atom stereocenters. The lowest BCUT2D eigenvalue weighted by atomic mass is 10.1. The molecule has 0 bridgehead atoms. The number of hydrogen-bond donors (Lipinski definition) is 0. The van der Waals surface area contributed by atoms with E-state index < -0.39 is 36.2 Å². The molecule has 0 aliphatic carbocycles. The van der Waals surface area contributed by atoms with Gasteiger partial charge in [-0.25, -0.2) is 0 Å². The summed E-state index contributed by atoms with van der Waals surface area (Å²) < 4.78 is -0.159. The summed E-state index contributed by atoms with van der Waals surface area (Å²) in [6.07, 6.45) is -0.970. The van der Waals surface area contributed by atoms with Gasteiger partial charge >= 0.3 is 0 Å². The molecule has 0 unspecified atom stereocenters. The van der Waals surface area contributed by atoms with E-state index in [1.165, 1.54) is 4.90 Å². The summed E-state index contributed by atoms with van der Waals surface area (Å²) >= 11 is 5.81. The molecule has 1 aromatic rings. The number of aliphatic carboxylic acids is 2. The molecule has 2 aliphatic rings. The summed E-state index contributed by atoms with van der Waals surface area (Å²) in [5.74, 6) is -4.71. The van der Waals surface area contributed by atoms with E-state index >= 15 is 0 Å². The second-order valence-corrected chi connectivity index (χ2v) is 7.18. The Hall–Kier alpha value is -2.72. The second kappa shape index (κ2) is 6.54. The first-order chi connectivity index (χ1) is 12.2. The van der Waals surface area contributed by atoms with E-state index in [0.717, 1.165) is 11.8 Å². The van der Waals surface area contributed by atoms with Gasteiger partial charge in [0, 0.05) is 25.0 Å². The zero-order valence-corrected chi connectivity index (χ0v) is 14.9. The van der Waals surface area contributed by atoms with E-state index in [1.807, 2.05) is 0 Å². The van der Waals surface area contributed by atoms with Crippen molar-refractivity contribution in [1.29, 1.82) is 0 Å². The Morgan fingerprint density at radius 3 is 2.46 bits per heavy atom. The van der Waals surface area contributed by atoms with Crippen LogP contribution in [0.3, 0.4) is 0 Å². The van der Waals surface area contributed by atoms with E-state index in [9.17, 15) is 29.4 Å². The fourth-order valence-corrected chi connectivity index (χ4v) is 4.25. The average molecular weight is 390 g/mol. The van der Waals surface area contributed by atoms with Gasteiger partial charge in [-0.05, 0) is 6.07 Å². The number of nitrogens with zero attached hydrogens (tertiary/aromatic N) is 2. The fraction of sp³-hybridized carbons (Fsp3) is 0.188. The first-order valence-corrected chi connectivity index (χ1v) is 8.54. The van der Waals surface area contributed by atoms with Crippen molar-refractivity contribution in [2.45, 2.75) is 12.5 Å². The molecule has 3 rings (SSSR count). The number of fused-ring (bicyclic) bond motifs is 1. The van der Waals surface area contributed by atoms with Crippen LogP contribution in [0.4, 0.5) is 5.69 Å². The van der Waals surface area contributed by atoms with Gasteiger partial charge < -0.3 is 24.7 Å². The standard InChI is InChI=1S/C16H12N2O6S2/c1-17-8-5-3-2-4-7(8)11(13(17)21)12-14(22)18(16(25)26-12)9(15(23)24)6-10(19)20/h2-5,9H,6H2,1H3,(H,19,20)(H,23,24)/p-2/b12-11-/t9-/m0/s1. The van der Waals surface area contributed by atoms with Gasteiger partial charge in [0.2, 0.25) is 0 Å². The number of benzene rings is 1. The molecule has 1 fully saturated rings. The number of rotatable bonds is 4. The Morgan fingerprint density at radius 2 is 1.85 bits per heavy atom. The lowest BCUT2D eigenvalue weighted by Gasteiger charge is -2.27. The van der Waals surface area contributed by atoms with Crippen molar-refractivity contribution in [2.75, 3.05) is 11.9 Å². The van der Waals surface area contributed by atoms with Crippen LogP contribution in [0.1, 0.15) is 12.0 Å². The minimum absolute atomic E-state index is 0.0404.